The van der Waals surface area contributed by atoms with Gasteiger partial charge in [0.2, 0.25) is 5.91 Å². The number of nitrogens with two attached hydrogens (primary N) is 1. The van der Waals surface area contributed by atoms with E-state index in [4.69, 9.17) is 5.73 Å². The van der Waals surface area contributed by atoms with Crippen molar-refractivity contribution < 1.29 is 9.90 Å². The van der Waals surface area contributed by atoms with Gasteiger partial charge in [0, 0.05) is 24.9 Å². The fourth-order valence-electron chi connectivity index (χ4n) is 2.92. The molecule has 0 spiro atoms. The maximum absolute atomic E-state index is 11.8. The Labute approximate surface area is 126 Å². The smallest absolute Gasteiger partial charge is 0.244 e. The maximum Gasteiger partial charge on any atom is 0.244 e. The highest BCUT2D eigenvalue weighted by molar-refractivity contribution is 5.91. The lowest BCUT2D eigenvalue weighted by molar-refractivity contribution is -0.116. The zero-order valence-corrected chi connectivity index (χ0v) is 12.3. The summed E-state index contributed by atoms with van der Waals surface area (Å²) in [6, 6.07) is 7.41. The standard InChI is InChI=1S/C17H24N2O2/c18-16-7-3-4-13(10-16)8-9-17(21)19-11-14-5-1-2-6-15(14)12-20/h3-4,7-10,14-15,20H,1-2,5-6,11-12,18H2,(H,19,21)/b9-8+. The summed E-state index contributed by atoms with van der Waals surface area (Å²) in [5.74, 6) is 0.630. The average Bonchev–Trinajstić information content (AvgIpc) is 2.51. The molecule has 1 aromatic carbocycles. The van der Waals surface area contributed by atoms with Crippen molar-refractivity contribution in [1.82, 2.24) is 5.32 Å². The molecule has 4 N–H and O–H groups in total. The first-order valence-electron chi connectivity index (χ1n) is 7.61. The Bertz CT molecular complexity index is 499. The van der Waals surface area contributed by atoms with Gasteiger partial charge in [0.15, 0.2) is 0 Å². The predicted molar refractivity (Wildman–Crippen MR) is 85.4 cm³/mol. The van der Waals surface area contributed by atoms with Gasteiger partial charge in [0.1, 0.15) is 0 Å². The van der Waals surface area contributed by atoms with E-state index < -0.39 is 0 Å². The van der Waals surface area contributed by atoms with Crippen LogP contribution in [0.5, 0.6) is 0 Å². The highest BCUT2D eigenvalue weighted by atomic mass is 16.3. The Morgan fingerprint density at radius 3 is 2.81 bits per heavy atom. The van der Waals surface area contributed by atoms with Crippen LogP contribution in [0.15, 0.2) is 30.3 Å². The van der Waals surface area contributed by atoms with Gasteiger partial charge in [-0.15, -0.1) is 0 Å². The Kier molecular flexibility index (Phi) is 5.81. The van der Waals surface area contributed by atoms with Crippen LogP contribution in [0.25, 0.3) is 6.08 Å². The number of carbonyl (C=O) groups excluding carboxylic acids is 1. The fraction of sp³-hybridized carbons (Fsp3) is 0.471. The molecule has 2 atom stereocenters. The number of aliphatic hydroxyl groups excluding tert-OH is 1. The molecule has 1 aromatic rings. The van der Waals surface area contributed by atoms with Crippen molar-refractivity contribution in [2.24, 2.45) is 11.8 Å². The van der Waals surface area contributed by atoms with E-state index in [1.807, 2.05) is 24.3 Å². The number of rotatable bonds is 5. The van der Waals surface area contributed by atoms with E-state index in [1.165, 1.54) is 18.9 Å². The third-order valence-corrected chi connectivity index (χ3v) is 4.18. The predicted octanol–water partition coefficient (Wildman–Crippen LogP) is 2.20. The van der Waals surface area contributed by atoms with E-state index in [-0.39, 0.29) is 12.5 Å². The molecule has 0 heterocycles. The van der Waals surface area contributed by atoms with Gasteiger partial charge in [-0.2, -0.15) is 0 Å². The molecule has 0 bridgehead atoms. The first-order chi connectivity index (χ1) is 10.2. The van der Waals surface area contributed by atoms with Crippen molar-refractivity contribution in [3.8, 4) is 0 Å². The van der Waals surface area contributed by atoms with Crippen LogP contribution in [0.3, 0.4) is 0 Å². The number of nitrogen functional groups attached to an aromatic ring is 1. The van der Waals surface area contributed by atoms with Crippen molar-refractivity contribution >= 4 is 17.7 Å². The van der Waals surface area contributed by atoms with Crippen molar-refractivity contribution in [2.75, 3.05) is 18.9 Å². The van der Waals surface area contributed by atoms with Gasteiger partial charge in [-0.3, -0.25) is 4.79 Å². The largest absolute Gasteiger partial charge is 0.399 e. The lowest BCUT2D eigenvalue weighted by atomic mass is 9.79. The van der Waals surface area contributed by atoms with Gasteiger partial charge in [0.25, 0.3) is 0 Å². The molecular weight excluding hydrogens is 264 g/mol. The summed E-state index contributed by atoms with van der Waals surface area (Å²) >= 11 is 0. The van der Waals surface area contributed by atoms with E-state index >= 15 is 0 Å². The maximum atomic E-state index is 11.8. The molecule has 0 aliphatic heterocycles. The van der Waals surface area contributed by atoms with Crippen LogP contribution in [0.4, 0.5) is 5.69 Å². The van der Waals surface area contributed by atoms with Crippen LogP contribution in [-0.4, -0.2) is 24.2 Å². The second kappa shape index (κ2) is 7.84. The van der Waals surface area contributed by atoms with E-state index in [2.05, 4.69) is 5.32 Å². The van der Waals surface area contributed by atoms with Crippen molar-refractivity contribution in [3.05, 3.63) is 35.9 Å². The summed E-state index contributed by atoms with van der Waals surface area (Å²) in [4.78, 5) is 11.8. The Morgan fingerprint density at radius 1 is 1.33 bits per heavy atom. The summed E-state index contributed by atoms with van der Waals surface area (Å²) in [6.07, 6.45) is 7.82. The Hall–Kier alpha value is -1.81. The van der Waals surface area contributed by atoms with Gasteiger partial charge in [-0.1, -0.05) is 25.0 Å². The first-order valence-corrected chi connectivity index (χ1v) is 7.61. The fourth-order valence-corrected chi connectivity index (χ4v) is 2.92. The molecule has 2 rings (SSSR count). The van der Waals surface area contributed by atoms with Crippen LogP contribution in [0, 0.1) is 11.8 Å². The number of hydrogen-bond donors (Lipinski definition) is 3. The lowest BCUT2D eigenvalue weighted by Crippen LogP contribution is -2.34. The minimum atomic E-state index is -0.0975. The quantitative estimate of drug-likeness (QED) is 0.574. The van der Waals surface area contributed by atoms with Crippen molar-refractivity contribution in [3.63, 3.8) is 0 Å². The molecule has 0 radical (unpaired) electrons. The molecule has 114 valence electrons. The summed E-state index contributed by atoms with van der Waals surface area (Å²) < 4.78 is 0. The van der Waals surface area contributed by atoms with E-state index in [9.17, 15) is 9.90 Å². The van der Waals surface area contributed by atoms with Gasteiger partial charge in [-0.25, -0.2) is 0 Å². The van der Waals surface area contributed by atoms with Crippen molar-refractivity contribution in [1.29, 1.82) is 0 Å². The number of hydrogen-bond acceptors (Lipinski definition) is 3. The van der Waals surface area contributed by atoms with Gasteiger partial charge >= 0.3 is 0 Å². The summed E-state index contributed by atoms with van der Waals surface area (Å²) in [5, 5.41) is 12.3. The number of anilines is 1. The molecule has 2 unspecified atom stereocenters. The molecule has 0 saturated heterocycles. The summed E-state index contributed by atoms with van der Waals surface area (Å²) in [7, 11) is 0. The van der Waals surface area contributed by atoms with E-state index in [0.29, 0.717) is 24.1 Å². The topological polar surface area (TPSA) is 75.4 Å². The minimum absolute atomic E-state index is 0.0975. The van der Waals surface area contributed by atoms with Gasteiger partial charge in [-0.05, 0) is 48.4 Å². The molecule has 1 aliphatic carbocycles. The molecule has 1 saturated carbocycles. The minimum Gasteiger partial charge on any atom is -0.399 e. The highest BCUT2D eigenvalue weighted by Gasteiger charge is 2.24. The molecule has 1 fully saturated rings. The molecular formula is C17H24N2O2. The monoisotopic (exact) mass is 288 g/mol. The number of amides is 1. The Balaban J connectivity index is 1.81. The average molecular weight is 288 g/mol. The molecule has 21 heavy (non-hydrogen) atoms. The third kappa shape index (κ3) is 4.90. The van der Waals surface area contributed by atoms with E-state index in [1.54, 1.807) is 6.08 Å². The van der Waals surface area contributed by atoms with E-state index in [0.717, 1.165) is 18.4 Å². The summed E-state index contributed by atoms with van der Waals surface area (Å²) in [6.45, 7) is 0.866. The Morgan fingerprint density at radius 2 is 2.10 bits per heavy atom. The van der Waals surface area contributed by atoms with Gasteiger partial charge < -0.3 is 16.2 Å². The number of nitrogens with one attached hydrogen (secondary N) is 1. The third-order valence-electron chi connectivity index (χ3n) is 4.18. The normalized spacial score (nSPS) is 22.3. The SMILES string of the molecule is Nc1cccc(/C=C/C(=O)NCC2CCCCC2CO)c1. The number of aliphatic hydroxyl groups is 1. The molecule has 4 heteroatoms. The van der Waals surface area contributed by atoms with Crippen LogP contribution < -0.4 is 11.1 Å². The molecule has 0 aromatic heterocycles. The van der Waals surface area contributed by atoms with Crippen molar-refractivity contribution in [2.45, 2.75) is 25.7 Å². The molecule has 1 aliphatic rings. The number of carbonyl (C=O) groups is 1. The number of benzene rings is 1. The zero-order valence-electron chi connectivity index (χ0n) is 12.3. The molecule has 4 nitrogen and oxygen atoms in total. The van der Waals surface area contributed by atoms with Gasteiger partial charge in [0.05, 0.1) is 0 Å². The van der Waals surface area contributed by atoms with Crippen LogP contribution in [-0.2, 0) is 4.79 Å². The van der Waals surface area contributed by atoms with Crippen LogP contribution in [0.2, 0.25) is 0 Å². The second-order valence-corrected chi connectivity index (χ2v) is 5.74. The van der Waals surface area contributed by atoms with Crippen LogP contribution in [0.1, 0.15) is 31.2 Å². The first kappa shape index (κ1) is 15.6. The lowest BCUT2D eigenvalue weighted by Gasteiger charge is -2.30. The summed E-state index contributed by atoms with van der Waals surface area (Å²) in [5.41, 5.74) is 7.29. The second-order valence-electron chi connectivity index (χ2n) is 5.74. The molecule has 1 amide bonds. The zero-order chi connectivity index (χ0) is 15.1. The van der Waals surface area contributed by atoms with Crippen LogP contribution >= 0.6 is 0 Å². The highest BCUT2D eigenvalue weighted by Crippen LogP contribution is 2.29.